The summed E-state index contributed by atoms with van der Waals surface area (Å²) in [4.78, 5) is 11.3. The van der Waals surface area contributed by atoms with Crippen LogP contribution in [0.25, 0.3) is 0 Å². The summed E-state index contributed by atoms with van der Waals surface area (Å²) in [7, 11) is -3.47. The second kappa shape index (κ2) is 7.10. The molecule has 0 unspecified atom stereocenters. The van der Waals surface area contributed by atoms with E-state index in [0.717, 1.165) is 6.42 Å². The number of carbonyl (C=O) groups excluding carboxylic acids is 1. The Hall–Kier alpha value is -1.60. The van der Waals surface area contributed by atoms with Crippen molar-refractivity contribution in [1.82, 2.24) is 4.72 Å². The molecule has 1 rings (SSSR count). The van der Waals surface area contributed by atoms with Gasteiger partial charge in [0.15, 0.2) is 0 Å². The molecule has 0 aliphatic carbocycles. The monoisotopic (exact) mass is 286 g/mol. The maximum absolute atomic E-state index is 11.8. The average Bonchev–Trinajstić information content (AvgIpc) is 2.37. The fourth-order valence-electron chi connectivity index (χ4n) is 1.32. The fraction of sp³-hybridized carbons (Fsp3) is 0.417. The van der Waals surface area contributed by atoms with E-state index < -0.39 is 16.1 Å². The van der Waals surface area contributed by atoms with E-state index in [-0.39, 0.29) is 11.5 Å². The molecule has 0 atom stereocenters. The Labute approximate surface area is 113 Å². The Morgan fingerprint density at radius 2 is 1.84 bits per heavy atom. The average molecular weight is 286 g/mol. The van der Waals surface area contributed by atoms with Crippen LogP contribution in [0.1, 0.15) is 20.3 Å². The van der Waals surface area contributed by atoms with Crippen molar-refractivity contribution in [3.63, 3.8) is 0 Å². The second-order valence-corrected chi connectivity index (χ2v) is 5.53. The van der Waals surface area contributed by atoms with Gasteiger partial charge in [0.05, 0.1) is 11.5 Å². The van der Waals surface area contributed by atoms with E-state index in [1.54, 1.807) is 6.92 Å². The molecule has 2 N–H and O–H groups in total. The first-order chi connectivity index (χ1) is 8.99. The highest BCUT2D eigenvalue weighted by Gasteiger charge is 2.12. The lowest BCUT2D eigenvalue weighted by Gasteiger charge is -2.08. The number of carbonyl (C=O) groups is 1. The van der Waals surface area contributed by atoms with Crippen LogP contribution in [0.3, 0.4) is 0 Å². The predicted octanol–water partition coefficient (Wildman–Crippen LogP) is 1.94. The quantitative estimate of drug-likeness (QED) is 0.837. The zero-order chi connectivity index (χ0) is 14.3. The van der Waals surface area contributed by atoms with Gasteiger partial charge in [-0.05, 0) is 37.6 Å². The van der Waals surface area contributed by atoms with E-state index >= 15 is 0 Å². The molecule has 1 aromatic rings. The lowest BCUT2D eigenvalue weighted by molar-refractivity contribution is 0.168. The van der Waals surface area contributed by atoms with Gasteiger partial charge in [-0.15, -0.1) is 0 Å². The summed E-state index contributed by atoms with van der Waals surface area (Å²) in [5, 5.41) is 2.49. The van der Waals surface area contributed by atoms with E-state index in [1.807, 2.05) is 6.92 Å². The van der Waals surface area contributed by atoms with Crippen molar-refractivity contribution < 1.29 is 17.9 Å². The van der Waals surface area contributed by atoms with Gasteiger partial charge in [-0.2, -0.15) is 0 Å². The molecule has 0 spiro atoms. The van der Waals surface area contributed by atoms with Crippen molar-refractivity contribution in [2.75, 3.05) is 18.5 Å². The third-order valence-corrected chi connectivity index (χ3v) is 3.71. The molecule has 0 aliphatic rings. The topological polar surface area (TPSA) is 84.5 Å². The number of rotatable bonds is 6. The first-order valence-electron chi connectivity index (χ1n) is 6.03. The number of sulfonamides is 1. The largest absolute Gasteiger partial charge is 0.450 e. The summed E-state index contributed by atoms with van der Waals surface area (Å²) in [6.45, 7) is 4.26. The zero-order valence-corrected chi connectivity index (χ0v) is 11.8. The highest BCUT2D eigenvalue weighted by molar-refractivity contribution is 7.89. The van der Waals surface area contributed by atoms with Crippen molar-refractivity contribution in [3.05, 3.63) is 24.3 Å². The molecule has 1 aromatic carbocycles. The number of hydrogen-bond acceptors (Lipinski definition) is 4. The minimum absolute atomic E-state index is 0.162. The number of benzene rings is 1. The minimum atomic E-state index is -3.47. The van der Waals surface area contributed by atoms with Crippen LogP contribution in [0.5, 0.6) is 0 Å². The molecule has 106 valence electrons. The third kappa shape index (κ3) is 4.88. The Morgan fingerprint density at radius 1 is 1.21 bits per heavy atom. The van der Waals surface area contributed by atoms with Gasteiger partial charge in [-0.25, -0.2) is 17.9 Å². The van der Waals surface area contributed by atoms with Crippen molar-refractivity contribution in [3.8, 4) is 0 Å². The van der Waals surface area contributed by atoms with Gasteiger partial charge in [0.1, 0.15) is 0 Å². The van der Waals surface area contributed by atoms with Crippen LogP contribution in [0.15, 0.2) is 29.2 Å². The van der Waals surface area contributed by atoms with Gasteiger partial charge in [-0.1, -0.05) is 6.92 Å². The zero-order valence-electron chi connectivity index (χ0n) is 11.0. The molecule has 1 amide bonds. The Morgan fingerprint density at radius 3 is 2.37 bits per heavy atom. The number of nitrogens with one attached hydrogen (secondary N) is 2. The van der Waals surface area contributed by atoms with E-state index in [4.69, 9.17) is 4.74 Å². The Kier molecular flexibility index (Phi) is 5.78. The van der Waals surface area contributed by atoms with Crippen LogP contribution in [-0.2, 0) is 14.8 Å². The maximum atomic E-state index is 11.8. The summed E-state index contributed by atoms with van der Waals surface area (Å²) in [6, 6.07) is 5.88. The van der Waals surface area contributed by atoms with Crippen LogP contribution in [-0.4, -0.2) is 27.7 Å². The summed E-state index contributed by atoms with van der Waals surface area (Å²) in [5.74, 6) is 0. The van der Waals surface area contributed by atoms with Crippen LogP contribution in [0, 0.1) is 0 Å². The molecule has 0 radical (unpaired) electrons. The summed E-state index contributed by atoms with van der Waals surface area (Å²) < 4.78 is 30.8. The molecule has 0 fully saturated rings. The highest BCUT2D eigenvalue weighted by atomic mass is 32.2. The lowest BCUT2D eigenvalue weighted by Crippen LogP contribution is -2.24. The van der Waals surface area contributed by atoms with Crippen LogP contribution < -0.4 is 10.0 Å². The second-order valence-electron chi connectivity index (χ2n) is 3.77. The standard InChI is InChI=1S/C12H18N2O4S/c1-3-9-13-19(16,17)11-7-5-10(6-8-11)14-12(15)18-4-2/h5-8,13H,3-4,9H2,1-2H3,(H,14,15). The molecule has 0 aliphatic heterocycles. The molecule has 0 aromatic heterocycles. The van der Waals surface area contributed by atoms with E-state index in [2.05, 4.69) is 10.0 Å². The summed E-state index contributed by atoms with van der Waals surface area (Å²) in [5.41, 5.74) is 0.480. The van der Waals surface area contributed by atoms with E-state index in [1.165, 1.54) is 24.3 Å². The maximum Gasteiger partial charge on any atom is 0.411 e. The van der Waals surface area contributed by atoms with E-state index in [9.17, 15) is 13.2 Å². The van der Waals surface area contributed by atoms with E-state index in [0.29, 0.717) is 12.2 Å². The van der Waals surface area contributed by atoms with Crippen molar-refractivity contribution >= 4 is 21.8 Å². The Balaban J connectivity index is 2.73. The van der Waals surface area contributed by atoms with Crippen molar-refractivity contribution in [2.45, 2.75) is 25.2 Å². The SMILES string of the molecule is CCCNS(=O)(=O)c1ccc(NC(=O)OCC)cc1. The van der Waals surface area contributed by atoms with Gasteiger partial charge >= 0.3 is 6.09 Å². The summed E-state index contributed by atoms with van der Waals surface area (Å²) in [6.07, 6.45) is 0.157. The first-order valence-corrected chi connectivity index (χ1v) is 7.51. The first kappa shape index (κ1) is 15.5. The Bertz CT molecular complexity index is 511. The minimum Gasteiger partial charge on any atom is -0.450 e. The predicted molar refractivity (Wildman–Crippen MR) is 72.6 cm³/mol. The molecule has 7 heteroatoms. The molecule has 19 heavy (non-hydrogen) atoms. The number of anilines is 1. The third-order valence-electron chi connectivity index (χ3n) is 2.23. The molecule has 6 nitrogen and oxygen atoms in total. The number of amides is 1. The summed E-state index contributed by atoms with van der Waals surface area (Å²) >= 11 is 0. The molecular formula is C12H18N2O4S. The number of hydrogen-bond donors (Lipinski definition) is 2. The molecule has 0 saturated heterocycles. The molecule has 0 heterocycles. The normalized spacial score (nSPS) is 11.1. The van der Waals surface area contributed by atoms with Gasteiger partial charge < -0.3 is 4.74 Å². The molecule has 0 bridgehead atoms. The number of ether oxygens (including phenoxy) is 1. The van der Waals surface area contributed by atoms with Gasteiger partial charge in [0.2, 0.25) is 10.0 Å². The van der Waals surface area contributed by atoms with Crippen LogP contribution >= 0.6 is 0 Å². The van der Waals surface area contributed by atoms with Gasteiger partial charge in [0.25, 0.3) is 0 Å². The van der Waals surface area contributed by atoms with Crippen LogP contribution in [0.4, 0.5) is 10.5 Å². The van der Waals surface area contributed by atoms with Crippen molar-refractivity contribution in [2.24, 2.45) is 0 Å². The van der Waals surface area contributed by atoms with Crippen molar-refractivity contribution in [1.29, 1.82) is 0 Å². The fourth-order valence-corrected chi connectivity index (χ4v) is 2.46. The smallest absolute Gasteiger partial charge is 0.411 e. The molecule has 0 saturated carbocycles. The lowest BCUT2D eigenvalue weighted by atomic mass is 10.3. The van der Waals surface area contributed by atoms with Gasteiger partial charge in [-0.3, -0.25) is 5.32 Å². The van der Waals surface area contributed by atoms with Gasteiger partial charge in [0, 0.05) is 12.2 Å². The highest BCUT2D eigenvalue weighted by Crippen LogP contribution is 2.14. The van der Waals surface area contributed by atoms with Crippen LogP contribution in [0.2, 0.25) is 0 Å². The molecular weight excluding hydrogens is 268 g/mol.